The van der Waals surface area contributed by atoms with E-state index >= 15 is 0 Å². The molecular formula is C54H106N2O6. The number of methoxy groups -OCH3 is 1. The van der Waals surface area contributed by atoms with E-state index in [0.29, 0.717) is 44.3 Å². The smallest absolute Gasteiger partial charge is 0.305 e. The summed E-state index contributed by atoms with van der Waals surface area (Å²) in [6.07, 6.45) is 41.2. The third-order valence-corrected chi connectivity index (χ3v) is 12.9. The summed E-state index contributed by atoms with van der Waals surface area (Å²) < 4.78 is 16.5. The lowest BCUT2D eigenvalue weighted by atomic mass is 9.95. The fourth-order valence-electron chi connectivity index (χ4n) is 8.66. The van der Waals surface area contributed by atoms with Gasteiger partial charge in [-0.1, -0.05) is 169 Å². The van der Waals surface area contributed by atoms with Crippen LogP contribution in [0.1, 0.15) is 259 Å². The average molecular weight is 879 g/mol. The zero-order chi connectivity index (χ0) is 45.6. The summed E-state index contributed by atoms with van der Waals surface area (Å²) in [5.74, 6) is 0.862. The van der Waals surface area contributed by atoms with Crippen molar-refractivity contribution in [3.63, 3.8) is 0 Å². The second-order valence-corrected chi connectivity index (χ2v) is 19.1. The molecule has 0 aromatic heterocycles. The van der Waals surface area contributed by atoms with Gasteiger partial charge in [0.15, 0.2) is 0 Å². The predicted molar refractivity (Wildman–Crippen MR) is 264 cm³/mol. The van der Waals surface area contributed by atoms with E-state index in [1.54, 1.807) is 0 Å². The van der Waals surface area contributed by atoms with Gasteiger partial charge >= 0.3 is 17.9 Å². The Labute approximate surface area is 385 Å². The van der Waals surface area contributed by atoms with Crippen LogP contribution in [0.2, 0.25) is 0 Å². The zero-order valence-corrected chi connectivity index (χ0v) is 42.4. The molecule has 8 heteroatoms. The van der Waals surface area contributed by atoms with Crippen LogP contribution in [0.15, 0.2) is 0 Å². The minimum Gasteiger partial charge on any atom is -0.469 e. The van der Waals surface area contributed by atoms with Crippen molar-refractivity contribution in [3.8, 4) is 0 Å². The number of nitrogens with zero attached hydrogens (tertiary/aromatic N) is 2. The molecule has 0 amide bonds. The summed E-state index contributed by atoms with van der Waals surface area (Å²) in [7, 11) is 3.63. The first-order chi connectivity index (χ1) is 30.3. The van der Waals surface area contributed by atoms with Crippen molar-refractivity contribution in [3.05, 3.63) is 0 Å². The Bertz CT molecular complexity index is 921. The number of carbonyl (C=O) groups is 3. The van der Waals surface area contributed by atoms with Crippen LogP contribution in [-0.2, 0) is 28.6 Å². The fraction of sp³-hybridized carbons (Fsp3) is 0.944. The van der Waals surface area contributed by atoms with E-state index in [1.807, 2.05) is 0 Å². The van der Waals surface area contributed by atoms with E-state index in [0.717, 1.165) is 90.5 Å². The number of rotatable bonds is 49. The van der Waals surface area contributed by atoms with Crippen molar-refractivity contribution in [2.24, 2.45) is 11.8 Å². The molecule has 62 heavy (non-hydrogen) atoms. The van der Waals surface area contributed by atoms with Crippen LogP contribution < -0.4 is 0 Å². The largest absolute Gasteiger partial charge is 0.469 e. The Hall–Kier alpha value is -1.67. The zero-order valence-electron chi connectivity index (χ0n) is 42.4. The van der Waals surface area contributed by atoms with E-state index in [9.17, 15) is 14.4 Å². The van der Waals surface area contributed by atoms with Gasteiger partial charge < -0.3 is 24.0 Å². The van der Waals surface area contributed by atoms with Crippen LogP contribution in [0.25, 0.3) is 0 Å². The first-order valence-corrected chi connectivity index (χ1v) is 27.1. The lowest BCUT2D eigenvalue weighted by Crippen LogP contribution is -2.30. The monoisotopic (exact) mass is 879 g/mol. The standard InChI is InChI=1S/C54H106N2O6/c1-7-11-15-19-21-27-38-50(36-25-17-13-9-3)48-61-53(58)41-29-23-32-45-56(47-35-44-55(5)43-34-31-40-52(57)60-6)46-33-24-30-42-54(59)62-49-51(37-26-18-14-10-4)39-28-22-20-16-12-8-2/h50-51H,7-49H2,1-6H3. The van der Waals surface area contributed by atoms with Gasteiger partial charge in [0, 0.05) is 19.3 Å². The van der Waals surface area contributed by atoms with Gasteiger partial charge in [0.25, 0.3) is 0 Å². The summed E-state index contributed by atoms with van der Waals surface area (Å²) >= 11 is 0. The molecule has 0 saturated heterocycles. The first kappa shape index (κ1) is 60.3. The number of ether oxygens (including phenoxy) is 3. The molecule has 2 atom stereocenters. The molecule has 0 heterocycles. The van der Waals surface area contributed by atoms with Crippen molar-refractivity contribution in [1.82, 2.24) is 9.80 Å². The highest BCUT2D eigenvalue weighted by Crippen LogP contribution is 2.22. The van der Waals surface area contributed by atoms with Crippen LogP contribution in [-0.4, -0.2) is 87.8 Å². The predicted octanol–water partition coefficient (Wildman–Crippen LogP) is 14.8. The number of unbranched alkanes of at least 4 members (excludes halogenated alkanes) is 21. The normalized spacial score (nSPS) is 12.6. The lowest BCUT2D eigenvalue weighted by molar-refractivity contribution is -0.146. The van der Waals surface area contributed by atoms with Crippen LogP contribution >= 0.6 is 0 Å². The second kappa shape index (κ2) is 47.3. The molecule has 0 spiro atoms. The van der Waals surface area contributed by atoms with Gasteiger partial charge in [-0.2, -0.15) is 0 Å². The molecular weight excluding hydrogens is 773 g/mol. The highest BCUT2D eigenvalue weighted by atomic mass is 16.5. The SMILES string of the molecule is CCCCCCCCC(CCCCCC)COC(=O)CCCCCN(CCCCCC(=O)OCC(CCCCCC)CCCCCCCC)CCCN(C)CCCCC(=O)OC. The molecule has 0 saturated carbocycles. The molecule has 0 bridgehead atoms. The molecule has 0 aliphatic rings. The van der Waals surface area contributed by atoms with Crippen molar-refractivity contribution in [1.29, 1.82) is 0 Å². The van der Waals surface area contributed by atoms with Gasteiger partial charge in [-0.3, -0.25) is 14.4 Å². The molecule has 0 aromatic rings. The average Bonchev–Trinajstić information content (AvgIpc) is 3.27. The summed E-state index contributed by atoms with van der Waals surface area (Å²) in [5.41, 5.74) is 0. The van der Waals surface area contributed by atoms with Gasteiger partial charge in [-0.05, 0) is 122 Å². The molecule has 0 fully saturated rings. The van der Waals surface area contributed by atoms with Crippen molar-refractivity contribution >= 4 is 17.9 Å². The van der Waals surface area contributed by atoms with Crippen molar-refractivity contribution < 1.29 is 28.6 Å². The summed E-state index contributed by atoms with van der Waals surface area (Å²) in [4.78, 5) is 42.0. The number of hydrogen-bond donors (Lipinski definition) is 0. The molecule has 0 N–H and O–H groups in total. The minimum absolute atomic E-state index is 0.0168. The highest BCUT2D eigenvalue weighted by molar-refractivity contribution is 5.69. The lowest BCUT2D eigenvalue weighted by Gasteiger charge is -2.24. The molecule has 0 rings (SSSR count). The Morgan fingerprint density at radius 1 is 0.371 bits per heavy atom. The third-order valence-electron chi connectivity index (χ3n) is 12.9. The van der Waals surface area contributed by atoms with Gasteiger partial charge in [0.05, 0.1) is 20.3 Å². The molecule has 0 radical (unpaired) electrons. The summed E-state index contributed by atoms with van der Waals surface area (Å²) in [6.45, 7) is 15.4. The van der Waals surface area contributed by atoms with E-state index < -0.39 is 0 Å². The van der Waals surface area contributed by atoms with Crippen LogP contribution in [0.5, 0.6) is 0 Å². The van der Waals surface area contributed by atoms with Gasteiger partial charge in [-0.15, -0.1) is 0 Å². The van der Waals surface area contributed by atoms with Crippen LogP contribution in [0.4, 0.5) is 0 Å². The Morgan fingerprint density at radius 2 is 0.677 bits per heavy atom. The fourth-order valence-corrected chi connectivity index (χ4v) is 8.66. The van der Waals surface area contributed by atoms with E-state index in [-0.39, 0.29) is 17.9 Å². The highest BCUT2D eigenvalue weighted by Gasteiger charge is 2.15. The van der Waals surface area contributed by atoms with Gasteiger partial charge in [-0.25, -0.2) is 0 Å². The second-order valence-electron chi connectivity index (χ2n) is 19.1. The minimum atomic E-state index is -0.127. The van der Waals surface area contributed by atoms with Crippen molar-refractivity contribution in [2.75, 3.05) is 60.1 Å². The molecule has 368 valence electrons. The summed E-state index contributed by atoms with van der Waals surface area (Å²) in [6, 6.07) is 0. The summed E-state index contributed by atoms with van der Waals surface area (Å²) in [5, 5.41) is 0. The maximum atomic E-state index is 12.8. The maximum absolute atomic E-state index is 12.8. The first-order valence-electron chi connectivity index (χ1n) is 27.1. The number of carbonyl (C=O) groups excluding carboxylic acids is 3. The molecule has 0 aromatic carbocycles. The molecule has 2 unspecified atom stereocenters. The van der Waals surface area contributed by atoms with E-state index in [1.165, 1.54) is 161 Å². The maximum Gasteiger partial charge on any atom is 0.305 e. The van der Waals surface area contributed by atoms with E-state index in [4.69, 9.17) is 14.2 Å². The Morgan fingerprint density at radius 3 is 1.10 bits per heavy atom. The number of esters is 3. The Kier molecular flexibility index (Phi) is 46.0. The molecule has 0 aliphatic carbocycles. The van der Waals surface area contributed by atoms with Crippen molar-refractivity contribution in [2.45, 2.75) is 259 Å². The quantitative estimate of drug-likeness (QED) is 0.0339. The molecule has 0 aliphatic heterocycles. The van der Waals surface area contributed by atoms with Gasteiger partial charge in [0.2, 0.25) is 0 Å². The van der Waals surface area contributed by atoms with Crippen LogP contribution in [0, 0.1) is 11.8 Å². The topological polar surface area (TPSA) is 85.4 Å². The van der Waals surface area contributed by atoms with Crippen LogP contribution in [0.3, 0.4) is 0 Å². The Balaban J connectivity index is 4.80. The number of hydrogen-bond acceptors (Lipinski definition) is 8. The van der Waals surface area contributed by atoms with Gasteiger partial charge in [0.1, 0.15) is 0 Å². The third kappa shape index (κ3) is 42.3. The van der Waals surface area contributed by atoms with E-state index in [2.05, 4.69) is 44.5 Å². The molecule has 8 nitrogen and oxygen atoms in total.